The van der Waals surface area contributed by atoms with Crippen molar-refractivity contribution < 1.29 is 14.4 Å². The van der Waals surface area contributed by atoms with Crippen LogP contribution in [0.4, 0.5) is 0 Å². The van der Waals surface area contributed by atoms with Gasteiger partial charge in [0.05, 0.1) is 21.7 Å². The number of halogens is 1. The molecule has 5 nitrogen and oxygen atoms in total. The molecule has 0 N–H and O–H groups in total. The highest BCUT2D eigenvalue weighted by molar-refractivity contribution is 9.10. The van der Waals surface area contributed by atoms with Crippen LogP contribution in [0.1, 0.15) is 66.1 Å². The zero-order valence-corrected chi connectivity index (χ0v) is 13.7. The molecule has 2 aromatic heterocycles. The Kier molecular flexibility index (Phi) is 6.49. The van der Waals surface area contributed by atoms with Gasteiger partial charge < -0.3 is 9.13 Å². The van der Waals surface area contributed by atoms with Crippen LogP contribution in [-0.2, 0) is 13.1 Å². The van der Waals surface area contributed by atoms with Crippen molar-refractivity contribution in [1.29, 1.82) is 0 Å². The second-order valence-corrected chi connectivity index (χ2v) is 6.16. The first-order valence-electron chi connectivity index (χ1n) is 7.11. The molecule has 2 aromatic rings. The minimum atomic E-state index is 0. The minimum absolute atomic E-state index is 0. The summed E-state index contributed by atoms with van der Waals surface area (Å²) in [5.74, 6) is 0.421. The maximum absolute atomic E-state index is 11.2. The van der Waals surface area contributed by atoms with E-state index in [9.17, 15) is 14.4 Å². The molecule has 6 heteroatoms. The zero-order chi connectivity index (χ0) is 15.9. The average Bonchev–Trinajstić information content (AvgIpc) is 3.19. The normalized spacial score (nSPS) is 14.1. The Hall–Kier alpha value is -1.95. The first kappa shape index (κ1) is 20.1. The second kappa shape index (κ2) is 7.75. The number of aromatic nitrogens is 2. The molecule has 0 aliphatic carbocycles. The SMILES string of the molecule is C.C.CC(=O)c1ccc2n1CCC2=O.O=C1CCn2c(Br)ccc21. The fourth-order valence-corrected chi connectivity index (χ4v) is 3.36. The molecule has 130 valence electrons. The van der Waals surface area contributed by atoms with Gasteiger partial charge in [-0.25, -0.2) is 0 Å². The molecule has 0 aromatic carbocycles. The predicted octanol–water partition coefficient (Wildman–Crippen LogP) is 4.39. The van der Waals surface area contributed by atoms with Gasteiger partial charge in [-0.1, -0.05) is 14.9 Å². The Labute approximate surface area is 150 Å². The van der Waals surface area contributed by atoms with Crippen LogP contribution in [0.15, 0.2) is 28.9 Å². The molecular formula is C18H23BrN2O3. The molecule has 0 spiro atoms. The highest BCUT2D eigenvalue weighted by atomic mass is 79.9. The lowest BCUT2D eigenvalue weighted by Gasteiger charge is -1.99. The fraction of sp³-hybridized carbons (Fsp3) is 0.389. The smallest absolute Gasteiger partial charge is 0.181 e. The number of carbonyl (C=O) groups excluding carboxylic acids is 3. The number of nitrogens with zero attached hydrogens (tertiary/aromatic N) is 2. The van der Waals surface area contributed by atoms with Crippen molar-refractivity contribution in [3.05, 3.63) is 46.0 Å². The Morgan fingerprint density at radius 3 is 1.96 bits per heavy atom. The van der Waals surface area contributed by atoms with Crippen LogP contribution in [0.5, 0.6) is 0 Å². The molecule has 0 radical (unpaired) electrons. The molecule has 0 unspecified atom stereocenters. The summed E-state index contributed by atoms with van der Waals surface area (Å²) >= 11 is 3.36. The topological polar surface area (TPSA) is 61.1 Å². The van der Waals surface area contributed by atoms with Crippen LogP contribution in [0.3, 0.4) is 0 Å². The lowest BCUT2D eigenvalue weighted by Crippen LogP contribution is -2.03. The summed E-state index contributed by atoms with van der Waals surface area (Å²) in [4.78, 5) is 33.2. The van der Waals surface area contributed by atoms with Crippen LogP contribution in [-0.4, -0.2) is 26.5 Å². The molecule has 0 saturated carbocycles. The van der Waals surface area contributed by atoms with Crippen molar-refractivity contribution in [2.24, 2.45) is 0 Å². The molecule has 0 bridgehead atoms. The fourth-order valence-electron chi connectivity index (χ4n) is 2.86. The second-order valence-electron chi connectivity index (χ2n) is 5.35. The summed E-state index contributed by atoms with van der Waals surface area (Å²) in [6.45, 7) is 3.02. The van der Waals surface area contributed by atoms with Gasteiger partial charge in [0, 0.05) is 32.9 Å². The third kappa shape index (κ3) is 3.43. The Morgan fingerprint density at radius 1 is 0.917 bits per heavy atom. The molecule has 0 atom stereocenters. The molecule has 2 aliphatic heterocycles. The van der Waals surface area contributed by atoms with E-state index in [-0.39, 0.29) is 32.2 Å². The summed E-state index contributed by atoms with van der Waals surface area (Å²) in [6.07, 6.45) is 1.20. The number of carbonyl (C=O) groups is 3. The Bertz CT molecular complexity index is 786. The number of ketones is 3. The minimum Gasteiger partial charge on any atom is -0.335 e. The molecule has 0 saturated heterocycles. The van der Waals surface area contributed by atoms with E-state index in [0.717, 1.165) is 16.8 Å². The summed E-state index contributed by atoms with van der Waals surface area (Å²) in [5, 5.41) is 0. The Balaban J connectivity index is 0.000000224. The van der Waals surface area contributed by atoms with Crippen molar-refractivity contribution in [2.75, 3.05) is 0 Å². The summed E-state index contributed by atoms with van der Waals surface area (Å²) < 4.78 is 4.79. The van der Waals surface area contributed by atoms with Crippen LogP contribution >= 0.6 is 15.9 Å². The highest BCUT2D eigenvalue weighted by Crippen LogP contribution is 2.22. The summed E-state index contributed by atoms with van der Waals surface area (Å²) in [7, 11) is 0. The van der Waals surface area contributed by atoms with Gasteiger partial charge in [-0.05, 0) is 40.2 Å². The van der Waals surface area contributed by atoms with Gasteiger partial charge in [0.15, 0.2) is 17.3 Å². The van der Waals surface area contributed by atoms with Crippen molar-refractivity contribution in [2.45, 2.75) is 47.7 Å². The zero-order valence-electron chi connectivity index (χ0n) is 12.1. The van der Waals surface area contributed by atoms with E-state index in [2.05, 4.69) is 15.9 Å². The van der Waals surface area contributed by atoms with Crippen molar-refractivity contribution in [1.82, 2.24) is 9.13 Å². The van der Waals surface area contributed by atoms with Crippen LogP contribution in [0.2, 0.25) is 0 Å². The third-order valence-electron chi connectivity index (χ3n) is 3.97. The van der Waals surface area contributed by atoms with Gasteiger partial charge in [0.1, 0.15) is 0 Å². The first-order valence-corrected chi connectivity index (χ1v) is 7.90. The summed E-state index contributed by atoms with van der Waals surface area (Å²) in [6, 6.07) is 7.21. The molecular weight excluding hydrogens is 372 g/mol. The van der Waals surface area contributed by atoms with Gasteiger partial charge in [0.2, 0.25) is 0 Å². The van der Waals surface area contributed by atoms with Gasteiger partial charge in [0.25, 0.3) is 0 Å². The van der Waals surface area contributed by atoms with E-state index in [1.54, 1.807) is 16.7 Å². The van der Waals surface area contributed by atoms with Crippen molar-refractivity contribution in [3.8, 4) is 0 Å². The van der Waals surface area contributed by atoms with Gasteiger partial charge >= 0.3 is 0 Å². The highest BCUT2D eigenvalue weighted by Gasteiger charge is 2.22. The maximum atomic E-state index is 11.2. The van der Waals surface area contributed by atoms with Crippen LogP contribution < -0.4 is 0 Å². The number of hydrogen-bond donors (Lipinski definition) is 0. The van der Waals surface area contributed by atoms with E-state index >= 15 is 0 Å². The monoisotopic (exact) mass is 394 g/mol. The molecule has 0 amide bonds. The quantitative estimate of drug-likeness (QED) is 0.673. The van der Waals surface area contributed by atoms with E-state index in [4.69, 9.17) is 0 Å². The molecule has 24 heavy (non-hydrogen) atoms. The number of rotatable bonds is 1. The third-order valence-corrected chi connectivity index (χ3v) is 4.66. The lowest BCUT2D eigenvalue weighted by molar-refractivity contribution is 0.0986. The molecule has 0 fully saturated rings. The van der Waals surface area contributed by atoms with E-state index in [1.165, 1.54) is 6.92 Å². The first-order chi connectivity index (χ1) is 10.5. The predicted molar refractivity (Wildman–Crippen MR) is 97.9 cm³/mol. The standard InChI is InChI=1S/C9H9NO2.C7H6BrNO.2CH4/c1-6(11)7-2-3-8-9(12)4-5-10(7)8;8-7-2-1-5-6(10)3-4-9(5)7;;/h2-3H,4-5H2,1H3;1-2H,3-4H2;2*1H4. The van der Waals surface area contributed by atoms with E-state index < -0.39 is 0 Å². The van der Waals surface area contributed by atoms with Crippen molar-refractivity contribution in [3.63, 3.8) is 0 Å². The maximum Gasteiger partial charge on any atom is 0.181 e. The number of hydrogen-bond acceptors (Lipinski definition) is 3. The molecule has 4 rings (SSSR count). The average molecular weight is 395 g/mol. The van der Waals surface area contributed by atoms with E-state index in [1.807, 2.05) is 16.7 Å². The van der Waals surface area contributed by atoms with E-state index in [0.29, 0.717) is 30.8 Å². The number of Topliss-reactive ketones (excluding diaryl/α,β-unsaturated/α-hetero) is 3. The van der Waals surface area contributed by atoms with Gasteiger partial charge in [-0.2, -0.15) is 0 Å². The van der Waals surface area contributed by atoms with Gasteiger partial charge in [-0.15, -0.1) is 0 Å². The molecule has 4 heterocycles. The molecule has 2 aliphatic rings. The largest absolute Gasteiger partial charge is 0.335 e. The van der Waals surface area contributed by atoms with Crippen molar-refractivity contribution >= 4 is 33.3 Å². The van der Waals surface area contributed by atoms with Gasteiger partial charge in [-0.3, -0.25) is 14.4 Å². The Morgan fingerprint density at radius 2 is 1.42 bits per heavy atom. The van der Waals surface area contributed by atoms with Crippen LogP contribution in [0.25, 0.3) is 0 Å². The lowest BCUT2D eigenvalue weighted by atomic mass is 10.2. The summed E-state index contributed by atoms with van der Waals surface area (Å²) in [5.41, 5.74) is 2.17. The number of fused-ring (bicyclic) bond motifs is 2. The van der Waals surface area contributed by atoms with Crippen LogP contribution in [0, 0.1) is 0 Å².